The van der Waals surface area contributed by atoms with Crippen molar-refractivity contribution in [1.29, 1.82) is 0 Å². The first-order chi connectivity index (χ1) is 28.8. The van der Waals surface area contributed by atoms with Crippen LogP contribution in [-0.2, 0) is 47.7 Å². The largest absolute Gasteiger partial charge is 0.469 e. The van der Waals surface area contributed by atoms with Gasteiger partial charge < -0.3 is 23.7 Å². The number of esters is 5. The van der Waals surface area contributed by atoms with E-state index in [2.05, 4.69) is 67.5 Å². The van der Waals surface area contributed by atoms with Gasteiger partial charge in [0.05, 0.1) is 32.8 Å². The number of fused-ring (bicyclic) bond motifs is 2. The summed E-state index contributed by atoms with van der Waals surface area (Å²) in [5, 5.41) is 0. The molecule has 0 aromatic heterocycles. The summed E-state index contributed by atoms with van der Waals surface area (Å²) in [6.07, 6.45) is 20.5. The van der Waals surface area contributed by atoms with E-state index in [-0.39, 0.29) is 71.9 Å². The smallest absolute Gasteiger partial charge is 0.306 e. The number of allylic oxidation sites excluding steroid dienone is 4. The van der Waals surface area contributed by atoms with E-state index in [4.69, 9.17) is 23.7 Å². The van der Waals surface area contributed by atoms with Crippen LogP contribution in [0, 0.1) is 45.3 Å². The molecule has 0 heterocycles. The van der Waals surface area contributed by atoms with Crippen molar-refractivity contribution in [3.63, 3.8) is 0 Å². The topological polar surface area (TPSA) is 132 Å². The third-order valence-corrected chi connectivity index (χ3v) is 16.4. The molecule has 0 aliphatic heterocycles. The summed E-state index contributed by atoms with van der Waals surface area (Å²) in [7, 11) is 1.32. The zero-order valence-electron chi connectivity index (χ0n) is 39.3. The zero-order chi connectivity index (χ0) is 45.0. The standard InChI is InChI=1S/C51H78O10/c1-35(25-31-58-41(7)52)21-27-48(8)37(3)24-30-51(40(6)14-12-15-42(48)51)34-61-47(56)20-19-45(54)59-32-26-36(2)22-28-49(9)38(4)23-29-50(39(5)13-11-16-43(49)50)33-60-46(55)18-17-44(53)57-10/h13-14,25-26,37-38,42-43H,11-12,15-24,27-34H2,1-10H3/b35-25+,36-26+/t37-,38-,42-,43-,48+,49+,50-,51-/m1/s1. The maximum absolute atomic E-state index is 13.2. The van der Waals surface area contributed by atoms with Gasteiger partial charge in [0, 0.05) is 17.8 Å². The summed E-state index contributed by atoms with van der Waals surface area (Å²) in [5.41, 5.74) is 4.62. The second-order valence-electron chi connectivity index (χ2n) is 19.7. The molecule has 8 atom stereocenters. The van der Waals surface area contributed by atoms with Gasteiger partial charge in [0.1, 0.15) is 26.4 Å². The maximum atomic E-state index is 13.2. The molecule has 0 amide bonds. The molecule has 0 aromatic carbocycles. The SMILES string of the molecule is COC(=O)CCC(=O)OC[C@@]12CC[C@@H](C)[C@](C)(CC/C(C)=C/COC(=O)CCC(=O)OC[C@@]34CC[C@@H](C)[C@](C)(CC/C(C)=C/COC(C)=O)[C@H]3CCC=C4C)[C@H]1CCC=C2C. The lowest BCUT2D eigenvalue weighted by molar-refractivity contribution is -0.157. The van der Waals surface area contributed by atoms with Gasteiger partial charge in [-0.2, -0.15) is 0 Å². The van der Waals surface area contributed by atoms with Gasteiger partial charge in [-0.1, -0.05) is 62.1 Å². The number of methoxy groups -OCH3 is 1. The average molecular weight is 851 g/mol. The average Bonchev–Trinajstić information content (AvgIpc) is 3.22. The third-order valence-electron chi connectivity index (χ3n) is 16.4. The predicted octanol–water partition coefficient (Wildman–Crippen LogP) is 10.9. The third kappa shape index (κ3) is 12.3. The van der Waals surface area contributed by atoms with Gasteiger partial charge in [-0.3, -0.25) is 24.0 Å². The van der Waals surface area contributed by atoms with Crippen LogP contribution in [-0.4, -0.2) is 63.4 Å². The minimum Gasteiger partial charge on any atom is -0.469 e. The number of hydrogen-bond donors (Lipinski definition) is 0. The van der Waals surface area contributed by atoms with Crippen molar-refractivity contribution >= 4 is 29.8 Å². The Bertz CT molecular complexity index is 1700. The zero-order valence-corrected chi connectivity index (χ0v) is 39.3. The molecule has 4 aliphatic carbocycles. The van der Waals surface area contributed by atoms with Gasteiger partial charge in [-0.25, -0.2) is 0 Å². The second-order valence-corrected chi connectivity index (χ2v) is 19.7. The Morgan fingerprint density at radius 1 is 0.590 bits per heavy atom. The van der Waals surface area contributed by atoms with E-state index >= 15 is 0 Å². The molecular formula is C51H78O10. The number of rotatable bonds is 20. The molecule has 0 N–H and O–H groups in total. The van der Waals surface area contributed by atoms with E-state index in [0.29, 0.717) is 43.5 Å². The number of ether oxygens (including phenoxy) is 5. The van der Waals surface area contributed by atoms with Gasteiger partial charge in [0.25, 0.3) is 0 Å². The van der Waals surface area contributed by atoms with E-state index in [1.54, 1.807) is 0 Å². The number of carbonyl (C=O) groups is 5. The minimum atomic E-state index is -0.417. The molecule has 0 radical (unpaired) electrons. The van der Waals surface area contributed by atoms with Gasteiger partial charge in [-0.15, -0.1) is 0 Å². The summed E-state index contributed by atoms with van der Waals surface area (Å²) in [6, 6.07) is 0. The van der Waals surface area contributed by atoms with Crippen molar-refractivity contribution in [3.05, 3.63) is 46.6 Å². The Morgan fingerprint density at radius 3 is 1.39 bits per heavy atom. The van der Waals surface area contributed by atoms with Crippen LogP contribution in [0.15, 0.2) is 46.6 Å². The first kappa shape index (κ1) is 50.0. The quantitative estimate of drug-likeness (QED) is 0.0662. The van der Waals surface area contributed by atoms with Crippen LogP contribution in [0.5, 0.6) is 0 Å². The molecule has 4 rings (SSSR count). The Hall–Kier alpha value is -3.69. The van der Waals surface area contributed by atoms with Gasteiger partial charge in [0.2, 0.25) is 0 Å². The van der Waals surface area contributed by atoms with E-state index in [0.717, 1.165) is 82.6 Å². The molecule has 61 heavy (non-hydrogen) atoms. The Kier molecular flexibility index (Phi) is 18.1. The maximum Gasteiger partial charge on any atom is 0.306 e. The highest BCUT2D eigenvalue weighted by Crippen LogP contribution is 2.63. The Morgan fingerprint density at radius 2 is 0.984 bits per heavy atom. The summed E-state index contributed by atoms with van der Waals surface area (Å²) >= 11 is 0. The van der Waals surface area contributed by atoms with Crippen molar-refractivity contribution in [1.82, 2.24) is 0 Å². The molecule has 2 saturated carbocycles. The van der Waals surface area contributed by atoms with Gasteiger partial charge in [0.15, 0.2) is 0 Å². The van der Waals surface area contributed by atoms with Crippen LogP contribution >= 0.6 is 0 Å². The lowest BCUT2D eigenvalue weighted by Crippen LogP contribution is -2.53. The number of carbonyl (C=O) groups excluding carboxylic acids is 5. The van der Waals surface area contributed by atoms with Crippen LogP contribution in [0.3, 0.4) is 0 Å². The molecule has 0 saturated heterocycles. The van der Waals surface area contributed by atoms with Crippen molar-refractivity contribution < 1.29 is 47.7 Å². The summed E-state index contributed by atoms with van der Waals surface area (Å²) in [4.78, 5) is 61.5. The lowest BCUT2D eigenvalue weighted by Gasteiger charge is -2.59. The molecule has 2 fully saturated rings. The normalized spacial score (nSPS) is 31.4. The fourth-order valence-electron chi connectivity index (χ4n) is 11.7. The van der Waals surface area contributed by atoms with Gasteiger partial charge in [-0.05, 0) is 151 Å². The van der Waals surface area contributed by atoms with Gasteiger partial charge >= 0.3 is 29.8 Å². The van der Waals surface area contributed by atoms with Crippen molar-refractivity contribution in [2.75, 3.05) is 33.5 Å². The fraction of sp³-hybridized carbons (Fsp3) is 0.745. The van der Waals surface area contributed by atoms with Crippen molar-refractivity contribution in [2.45, 2.75) is 165 Å². The van der Waals surface area contributed by atoms with Crippen LogP contribution in [0.25, 0.3) is 0 Å². The van der Waals surface area contributed by atoms with E-state index in [1.165, 1.54) is 30.8 Å². The van der Waals surface area contributed by atoms with E-state index in [9.17, 15) is 24.0 Å². The highest BCUT2D eigenvalue weighted by Gasteiger charge is 2.57. The van der Waals surface area contributed by atoms with Crippen LogP contribution < -0.4 is 0 Å². The summed E-state index contributed by atoms with van der Waals surface area (Å²) in [6.45, 7) is 20.6. The van der Waals surface area contributed by atoms with Crippen LogP contribution in [0.2, 0.25) is 0 Å². The summed E-state index contributed by atoms with van der Waals surface area (Å²) < 4.78 is 27.3. The molecule has 0 bridgehead atoms. The highest BCUT2D eigenvalue weighted by molar-refractivity contribution is 5.78. The molecule has 10 nitrogen and oxygen atoms in total. The first-order valence-electron chi connectivity index (χ1n) is 23.2. The number of hydrogen-bond acceptors (Lipinski definition) is 10. The van der Waals surface area contributed by atoms with E-state index in [1.807, 2.05) is 12.2 Å². The molecule has 4 aliphatic rings. The summed E-state index contributed by atoms with van der Waals surface area (Å²) in [5.74, 6) is -0.107. The molecule has 0 aromatic rings. The molecule has 342 valence electrons. The van der Waals surface area contributed by atoms with Crippen molar-refractivity contribution in [3.8, 4) is 0 Å². The van der Waals surface area contributed by atoms with Crippen LogP contribution in [0.1, 0.15) is 165 Å². The fourth-order valence-corrected chi connectivity index (χ4v) is 11.7. The molecule has 0 spiro atoms. The monoisotopic (exact) mass is 851 g/mol. The van der Waals surface area contributed by atoms with Crippen molar-refractivity contribution in [2.24, 2.45) is 45.3 Å². The molecule has 10 heteroatoms. The molecule has 0 unspecified atom stereocenters. The Balaban J connectivity index is 1.27. The Labute approximate surface area is 367 Å². The second kappa shape index (κ2) is 22.1. The predicted molar refractivity (Wildman–Crippen MR) is 237 cm³/mol. The molecular weight excluding hydrogens is 773 g/mol. The van der Waals surface area contributed by atoms with Crippen LogP contribution in [0.4, 0.5) is 0 Å². The highest BCUT2D eigenvalue weighted by atomic mass is 16.5. The van der Waals surface area contributed by atoms with E-state index < -0.39 is 11.9 Å². The minimum absolute atomic E-state index is 0.0150. The lowest BCUT2D eigenvalue weighted by atomic mass is 9.46. The first-order valence-corrected chi connectivity index (χ1v) is 23.2.